The van der Waals surface area contributed by atoms with Gasteiger partial charge in [-0.15, -0.1) is 0 Å². The Kier molecular flexibility index (Phi) is 8.29. The molecular weight excluding hydrogens is 450 g/mol. The van der Waals surface area contributed by atoms with E-state index in [9.17, 15) is 4.39 Å². The summed E-state index contributed by atoms with van der Waals surface area (Å²) in [6.07, 6.45) is 2.16. The molecule has 0 radical (unpaired) electrons. The zero-order chi connectivity index (χ0) is 25.2. The van der Waals surface area contributed by atoms with Crippen molar-refractivity contribution in [2.75, 3.05) is 26.0 Å². The molecule has 3 rings (SSSR count). The molecule has 3 N–H and O–H groups in total. The number of rotatable bonds is 8. The van der Waals surface area contributed by atoms with E-state index < -0.39 is 5.82 Å². The van der Waals surface area contributed by atoms with Crippen LogP contribution in [-0.2, 0) is 0 Å². The lowest BCUT2D eigenvalue weighted by atomic mass is 9.96. The van der Waals surface area contributed by atoms with Crippen molar-refractivity contribution >= 4 is 33.9 Å². The molecule has 0 saturated heterocycles. The van der Waals surface area contributed by atoms with Gasteiger partial charge in [-0.3, -0.25) is 5.41 Å². The minimum Gasteiger partial charge on any atom is -0.385 e. The van der Waals surface area contributed by atoms with Gasteiger partial charge < -0.3 is 15.5 Å². The fraction of sp³-hybridized carbons (Fsp3) is 0.444. The quantitative estimate of drug-likeness (QED) is 0.493. The molecule has 0 fully saturated rings. The number of thioether (sulfide) groups is 1. The highest BCUT2D eigenvalue weighted by Crippen LogP contribution is 2.28. The van der Waals surface area contributed by atoms with Gasteiger partial charge in [0.2, 0.25) is 0 Å². The molecule has 2 aromatic carbocycles. The van der Waals surface area contributed by atoms with Gasteiger partial charge in [-0.25, -0.2) is 8.78 Å². The summed E-state index contributed by atoms with van der Waals surface area (Å²) in [5, 5.41) is 16.9. The van der Waals surface area contributed by atoms with Crippen molar-refractivity contribution in [3.05, 3.63) is 56.8 Å². The second-order valence-corrected chi connectivity index (χ2v) is 9.95. The molecule has 0 aromatic heterocycles. The molecule has 0 spiro atoms. The Labute approximate surface area is 205 Å². The molecule has 2 aromatic rings. The molecular formula is C27H36F2N4S. The number of nitrogens with zero attached hydrogens (tertiary/aromatic N) is 1. The topological polar surface area (TPSA) is 51.2 Å². The maximum Gasteiger partial charge on any atom is 0.154 e. The van der Waals surface area contributed by atoms with Crippen molar-refractivity contribution in [2.45, 2.75) is 58.4 Å². The smallest absolute Gasteiger partial charge is 0.154 e. The van der Waals surface area contributed by atoms with Crippen LogP contribution in [0.1, 0.15) is 47.5 Å². The highest BCUT2D eigenvalue weighted by molar-refractivity contribution is 8.15. The van der Waals surface area contributed by atoms with Crippen LogP contribution in [0.15, 0.2) is 29.2 Å². The highest BCUT2D eigenvalue weighted by Gasteiger charge is 2.23. The Balaban J connectivity index is 2.42. The molecule has 7 heteroatoms. The summed E-state index contributed by atoms with van der Waals surface area (Å²) in [7, 11) is 3.43. The van der Waals surface area contributed by atoms with Gasteiger partial charge in [0.1, 0.15) is 10.9 Å². The van der Waals surface area contributed by atoms with E-state index in [1.807, 2.05) is 6.07 Å². The monoisotopic (exact) mass is 486 g/mol. The maximum atomic E-state index is 16.1. The summed E-state index contributed by atoms with van der Waals surface area (Å²) in [6, 6.07) is 7.06. The third kappa shape index (κ3) is 4.54. The Bertz CT molecular complexity index is 1300. The molecule has 34 heavy (non-hydrogen) atoms. The van der Waals surface area contributed by atoms with Crippen LogP contribution in [0.25, 0.3) is 11.4 Å². The van der Waals surface area contributed by atoms with Crippen LogP contribution in [0.2, 0.25) is 0 Å². The fourth-order valence-electron chi connectivity index (χ4n) is 4.98. The van der Waals surface area contributed by atoms with Crippen LogP contribution >= 0.6 is 11.8 Å². The standard InChI is InChI=1S/C27H36F2N4S/c1-8-10-21(15(3)4)33(9-2)16(5)17-11-12-19(23(29)24(17)31-6)18-13-14-20(28)26-22(18)25(32-7)27(30)34-26/h11-15,21,30-32H,8-10H2,1-7H3/b17-16+,19-18+,30-27?. The highest BCUT2D eigenvalue weighted by atomic mass is 32.2. The van der Waals surface area contributed by atoms with Gasteiger partial charge in [0, 0.05) is 48.0 Å². The van der Waals surface area contributed by atoms with Gasteiger partial charge in [-0.1, -0.05) is 57.2 Å². The van der Waals surface area contributed by atoms with Gasteiger partial charge in [-0.05, 0) is 37.5 Å². The number of anilines is 1. The molecule has 1 aliphatic heterocycles. The van der Waals surface area contributed by atoms with E-state index in [1.54, 1.807) is 26.2 Å². The van der Waals surface area contributed by atoms with Gasteiger partial charge >= 0.3 is 0 Å². The molecule has 1 atom stereocenters. The normalized spacial score (nSPS) is 15.9. The summed E-state index contributed by atoms with van der Waals surface area (Å²) < 4.78 is 30.6. The molecule has 1 unspecified atom stereocenters. The lowest BCUT2D eigenvalue weighted by Gasteiger charge is -2.36. The minimum atomic E-state index is -0.400. The number of halogens is 2. The number of hydrogen-bond acceptors (Lipinski definition) is 5. The van der Waals surface area contributed by atoms with Crippen molar-refractivity contribution in [1.29, 1.82) is 5.41 Å². The molecule has 1 aliphatic rings. The third-order valence-electron chi connectivity index (χ3n) is 6.64. The van der Waals surface area contributed by atoms with Crippen LogP contribution in [0.5, 0.6) is 0 Å². The van der Waals surface area contributed by atoms with Gasteiger partial charge in [0.05, 0.1) is 16.3 Å². The van der Waals surface area contributed by atoms with E-state index in [4.69, 9.17) is 5.41 Å². The van der Waals surface area contributed by atoms with Gasteiger partial charge in [0.25, 0.3) is 0 Å². The predicted octanol–water partition coefficient (Wildman–Crippen LogP) is 4.98. The SMILES string of the molecule is CCCC(C(C)C)N(CC)/C(C)=c1\cc/c(=c2/ccc(F)c3c2=C(NC)C(=N)S3)c(F)c1NC. The van der Waals surface area contributed by atoms with Crippen LogP contribution in [-0.4, -0.2) is 36.6 Å². The molecule has 0 saturated carbocycles. The van der Waals surface area contributed by atoms with Crippen molar-refractivity contribution in [1.82, 2.24) is 10.2 Å². The molecule has 0 bridgehead atoms. The Morgan fingerprint density at radius 1 is 1.06 bits per heavy atom. The summed E-state index contributed by atoms with van der Waals surface area (Å²) in [6.45, 7) is 11.7. The molecule has 0 aliphatic carbocycles. The van der Waals surface area contributed by atoms with E-state index in [0.29, 0.717) is 43.9 Å². The molecule has 0 amide bonds. The van der Waals surface area contributed by atoms with Gasteiger partial charge in [0.15, 0.2) is 5.82 Å². The van der Waals surface area contributed by atoms with Crippen LogP contribution in [0.4, 0.5) is 14.5 Å². The van der Waals surface area contributed by atoms with Crippen molar-refractivity contribution in [3.63, 3.8) is 0 Å². The van der Waals surface area contributed by atoms with Crippen LogP contribution < -0.4 is 21.1 Å². The third-order valence-corrected chi connectivity index (χ3v) is 7.65. The van der Waals surface area contributed by atoms with E-state index >= 15 is 4.39 Å². The second-order valence-electron chi connectivity index (χ2n) is 8.93. The van der Waals surface area contributed by atoms with Crippen LogP contribution in [0.3, 0.4) is 0 Å². The zero-order valence-electron chi connectivity index (χ0n) is 21.2. The summed E-state index contributed by atoms with van der Waals surface area (Å²) in [4.78, 5) is 2.74. The first-order valence-electron chi connectivity index (χ1n) is 12.0. The lowest BCUT2D eigenvalue weighted by Crippen LogP contribution is -2.39. The number of hydrogen-bond donors (Lipinski definition) is 3. The van der Waals surface area contributed by atoms with Gasteiger partial charge in [-0.2, -0.15) is 0 Å². The largest absolute Gasteiger partial charge is 0.385 e. The number of benzene rings is 2. The van der Waals surface area contributed by atoms with E-state index in [0.717, 1.165) is 42.1 Å². The van der Waals surface area contributed by atoms with Crippen LogP contribution in [0, 0.1) is 33.4 Å². The zero-order valence-corrected chi connectivity index (χ0v) is 22.0. The Morgan fingerprint density at radius 2 is 1.74 bits per heavy atom. The molecule has 1 heterocycles. The van der Waals surface area contributed by atoms with E-state index in [2.05, 4.69) is 50.2 Å². The van der Waals surface area contributed by atoms with E-state index in [-0.39, 0.29) is 10.9 Å². The second kappa shape index (κ2) is 10.8. The number of fused-ring (bicyclic) bond motifs is 1. The van der Waals surface area contributed by atoms with Crippen molar-refractivity contribution in [3.8, 4) is 0 Å². The molecule has 4 nitrogen and oxygen atoms in total. The first kappa shape index (κ1) is 26.1. The maximum absolute atomic E-state index is 16.1. The Morgan fingerprint density at radius 3 is 2.29 bits per heavy atom. The lowest BCUT2D eigenvalue weighted by molar-refractivity contribution is 0.225. The molecule has 184 valence electrons. The number of nitrogens with one attached hydrogen (secondary N) is 3. The average Bonchev–Trinajstić information content (AvgIpc) is 3.16. The minimum absolute atomic E-state index is 0.230. The Hall–Kier alpha value is -2.54. The fourth-order valence-corrected chi connectivity index (χ4v) is 5.97. The van der Waals surface area contributed by atoms with Crippen molar-refractivity contribution < 1.29 is 8.78 Å². The first-order chi connectivity index (χ1) is 16.2. The predicted molar refractivity (Wildman–Crippen MR) is 140 cm³/mol. The first-order valence-corrected chi connectivity index (χ1v) is 12.8. The van der Waals surface area contributed by atoms with Crippen molar-refractivity contribution in [2.24, 2.45) is 5.92 Å². The summed E-state index contributed by atoms with van der Waals surface area (Å²) in [5.41, 5.74) is 1.98. The summed E-state index contributed by atoms with van der Waals surface area (Å²) in [5.74, 6) is -0.301. The summed E-state index contributed by atoms with van der Waals surface area (Å²) >= 11 is 1.06. The van der Waals surface area contributed by atoms with E-state index in [1.165, 1.54) is 6.07 Å². The average molecular weight is 487 g/mol.